The first-order chi connectivity index (χ1) is 6.24. The number of rotatable bonds is 3. The summed E-state index contributed by atoms with van der Waals surface area (Å²) in [5, 5.41) is 2.84. The van der Waals surface area contributed by atoms with E-state index in [1.807, 2.05) is 25.1 Å². The molecule has 1 aromatic carbocycles. The monoisotopic (exact) mass is 176 g/mol. The number of hydrogen-bond donors (Lipinski definition) is 1. The third kappa shape index (κ3) is 2.90. The highest BCUT2D eigenvalue weighted by Crippen LogP contribution is 1.99. The molecule has 2 heteroatoms. The lowest BCUT2D eigenvalue weighted by Gasteiger charge is -2.10. The molecule has 1 atom stereocenters. The summed E-state index contributed by atoms with van der Waals surface area (Å²) in [5.74, 6) is -0.0308. The summed E-state index contributed by atoms with van der Waals surface area (Å²) in [4.78, 5) is 11.5. The van der Waals surface area contributed by atoms with Gasteiger partial charge in [-0.05, 0) is 25.5 Å². The van der Waals surface area contributed by atoms with E-state index in [-0.39, 0.29) is 11.9 Å². The molecule has 0 aliphatic heterocycles. The largest absolute Gasteiger partial charge is 0.350 e. The fraction of sp³-hybridized carbons (Fsp3) is 0.273. The lowest BCUT2D eigenvalue weighted by atomic mass is 10.2. The zero-order valence-electron chi connectivity index (χ0n) is 7.79. The van der Waals surface area contributed by atoms with Crippen molar-refractivity contribution < 1.29 is 4.79 Å². The Balaban J connectivity index is 2.59. The second kappa shape index (κ2) is 4.65. The van der Waals surface area contributed by atoms with Gasteiger partial charge in [0.25, 0.3) is 5.91 Å². The van der Waals surface area contributed by atoms with Crippen molar-refractivity contribution in [2.75, 3.05) is 0 Å². The molecule has 13 heavy (non-hydrogen) atoms. The molecule has 0 fully saturated rings. The quantitative estimate of drug-likeness (QED) is 0.750. The molecule has 0 heterocycles. The molecule has 1 rings (SSSR count). The topological polar surface area (TPSA) is 29.1 Å². The van der Waals surface area contributed by atoms with Crippen molar-refractivity contribution in [2.24, 2.45) is 0 Å². The van der Waals surface area contributed by atoms with Crippen molar-refractivity contribution in [1.82, 2.24) is 5.32 Å². The van der Waals surface area contributed by atoms with Crippen LogP contribution in [0.4, 0.5) is 0 Å². The lowest BCUT2D eigenvalue weighted by molar-refractivity contribution is 0.0940. The summed E-state index contributed by atoms with van der Waals surface area (Å²) < 4.78 is 0. The van der Waals surface area contributed by atoms with Crippen LogP contribution in [0.25, 0.3) is 0 Å². The van der Waals surface area contributed by atoms with Gasteiger partial charge >= 0.3 is 0 Å². The SMILES string of the molecule is [CH2]CC(C)NC(=O)c1ccccc1. The Kier molecular flexibility index (Phi) is 3.50. The van der Waals surface area contributed by atoms with E-state index in [0.717, 1.165) is 0 Å². The molecule has 1 unspecified atom stereocenters. The zero-order valence-corrected chi connectivity index (χ0v) is 7.79. The minimum atomic E-state index is -0.0308. The Labute approximate surface area is 79.0 Å². The molecule has 0 aromatic heterocycles. The first-order valence-electron chi connectivity index (χ1n) is 4.39. The number of nitrogens with one attached hydrogen (secondary N) is 1. The van der Waals surface area contributed by atoms with Crippen molar-refractivity contribution >= 4 is 5.91 Å². The van der Waals surface area contributed by atoms with Gasteiger partial charge < -0.3 is 5.32 Å². The smallest absolute Gasteiger partial charge is 0.251 e. The number of hydrogen-bond acceptors (Lipinski definition) is 1. The summed E-state index contributed by atoms with van der Waals surface area (Å²) in [7, 11) is 0. The summed E-state index contributed by atoms with van der Waals surface area (Å²) in [6.07, 6.45) is 0.707. The van der Waals surface area contributed by atoms with Gasteiger partial charge in [0.1, 0.15) is 0 Å². The number of amides is 1. The van der Waals surface area contributed by atoms with Crippen LogP contribution in [0.2, 0.25) is 0 Å². The molecule has 0 saturated carbocycles. The van der Waals surface area contributed by atoms with Crippen LogP contribution in [0.1, 0.15) is 23.7 Å². The van der Waals surface area contributed by atoms with E-state index in [9.17, 15) is 4.79 Å². The summed E-state index contributed by atoms with van der Waals surface area (Å²) in [5.41, 5.74) is 0.697. The molecule has 0 spiro atoms. The molecular weight excluding hydrogens is 162 g/mol. The zero-order chi connectivity index (χ0) is 9.68. The number of carbonyl (C=O) groups excluding carboxylic acids is 1. The van der Waals surface area contributed by atoms with Crippen LogP contribution < -0.4 is 5.32 Å². The van der Waals surface area contributed by atoms with E-state index >= 15 is 0 Å². The van der Waals surface area contributed by atoms with E-state index < -0.39 is 0 Å². The molecular formula is C11H14NO. The molecule has 1 amide bonds. The van der Waals surface area contributed by atoms with Crippen LogP contribution in [-0.2, 0) is 0 Å². The highest BCUT2D eigenvalue weighted by molar-refractivity contribution is 5.94. The van der Waals surface area contributed by atoms with Gasteiger partial charge in [0, 0.05) is 11.6 Å². The van der Waals surface area contributed by atoms with Crippen LogP contribution in [0.5, 0.6) is 0 Å². The minimum absolute atomic E-state index is 0.0308. The first-order valence-corrected chi connectivity index (χ1v) is 4.39. The fourth-order valence-corrected chi connectivity index (χ4v) is 0.969. The molecule has 0 bridgehead atoms. The van der Waals surface area contributed by atoms with Crippen molar-refractivity contribution in [3.05, 3.63) is 42.8 Å². The highest BCUT2D eigenvalue weighted by atomic mass is 16.1. The molecule has 1 aromatic rings. The van der Waals surface area contributed by atoms with Gasteiger partial charge in [-0.25, -0.2) is 0 Å². The van der Waals surface area contributed by atoms with E-state index in [0.29, 0.717) is 12.0 Å². The van der Waals surface area contributed by atoms with Crippen LogP contribution >= 0.6 is 0 Å². The van der Waals surface area contributed by atoms with Crippen molar-refractivity contribution in [3.63, 3.8) is 0 Å². The van der Waals surface area contributed by atoms with Crippen molar-refractivity contribution in [1.29, 1.82) is 0 Å². The third-order valence-electron chi connectivity index (χ3n) is 1.85. The second-order valence-corrected chi connectivity index (χ2v) is 3.03. The molecule has 1 radical (unpaired) electrons. The maximum Gasteiger partial charge on any atom is 0.251 e. The Hall–Kier alpha value is -1.31. The molecule has 69 valence electrons. The Bertz CT molecular complexity index is 269. The van der Waals surface area contributed by atoms with Gasteiger partial charge in [0.2, 0.25) is 0 Å². The molecule has 0 aliphatic rings. The molecule has 1 N–H and O–H groups in total. The first kappa shape index (κ1) is 9.78. The number of carbonyl (C=O) groups is 1. The van der Waals surface area contributed by atoms with Crippen LogP contribution in [0.15, 0.2) is 30.3 Å². The van der Waals surface area contributed by atoms with Gasteiger partial charge in [-0.3, -0.25) is 4.79 Å². The summed E-state index contributed by atoms with van der Waals surface area (Å²) >= 11 is 0. The molecule has 0 aliphatic carbocycles. The average molecular weight is 176 g/mol. The van der Waals surface area contributed by atoms with E-state index in [1.54, 1.807) is 12.1 Å². The maximum absolute atomic E-state index is 11.5. The second-order valence-electron chi connectivity index (χ2n) is 3.03. The Morgan fingerprint density at radius 1 is 1.46 bits per heavy atom. The van der Waals surface area contributed by atoms with Gasteiger partial charge in [-0.15, -0.1) is 0 Å². The van der Waals surface area contributed by atoms with Gasteiger partial charge in [-0.2, -0.15) is 0 Å². The minimum Gasteiger partial charge on any atom is -0.350 e. The Morgan fingerprint density at radius 2 is 2.08 bits per heavy atom. The van der Waals surface area contributed by atoms with Gasteiger partial charge in [0.05, 0.1) is 0 Å². The van der Waals surface area contributed by atoms with Crippen molar-refractivity contribution in [3.8, 4) is 0 Å². The van der Waals surface area contributed by atoms with Gasteiger partial charge in [0.15, 0.2) is 0 Å². The van der Waals surface area contributed by atoms with Crippen LogP contribution in [0, 0.1) is 6.92 Å². The van der Waals surface area contributed by atoms with Gasteiger partial charge in [-0.1, -0.05) is 25.1 Å². The summed E-state index contributed by atoms with van der Waals surface area (Å²) in [6.45, 7) is 5.66. The standard InChI is InChI=1S/C11H14NO/c1-3-9(2)12-11(13)10-7-5-4-6-8-10/h4-9H,1,3H2,2H3,(H,12,13). The summed E-state index contributed by atoms with van der Waals surface area (Å²) in [6, 6.07) is 9.32. The molecule has 0 saturated heterocycles. The predicted molar refractivity (Wildman–Crippen MR) is 53.3 cm³/mol. The average Bonchev–Trinajstić information content (AvgIpc) is 2.19. The van der Waals surface area contributed by atoms with Crippen LogP contribution in [-0.4, -0.2) is 11.9 Å². The normalized spacial score (nSPS) is 12.2. The highest BCUT2D eigenvalue weighted by Gasteiger charge is 2.06. The molecule has 2 nitrogen and oxygen atoms in total. The predicted octanol–water partition coefficient (Wildman–Crippen LogP) is 2.03. The lowest BCUT2D eigenvalue weighted by Crippen LogP contribution is -2.31. The fourth-order valence-electron chi connectivity index (χ4n) is 0.969. The maximum atomic E-state index is 11.5. The van der Waals surface area contributed by atoms with Crippen molar-refractivity contribution in [2.45, 2.75) is 19.4 Å². The number of benzene rings is 1. The van der Waals surface area contributed by atoms with E-state index in [1.165, 1.54) is 0 Å². The van der Waals surface area contributed by atoms with E-state index in [2.05, 4.69) is 12.2 Å². The third-order valence-corrected chi connectivity index (χ3v) is 1.85. The van der Waals surface area contributed by atoms with Crippen LogP contribution in [0.3, 0.4) is 0 Å². The Morgan fingerprint density at radius 3 is 2.62 bits per heavy atom. The van der Waals surface area contributed by atoms with E-state index in [4.69, 9.17) is 0 Å².